The zero-order chi connectivity index (χ0) is 13.7. The summed E-state index contributed by atoms with van der Waals surface area (Å²) in [5.74, 6) is -0.183. The first-order chi connectivity index (χ1) is 8.47. The molecule has 0 aromatic rings. The normalized spacial score (nSPS) is 25.6. The second-order valence-electron chi connectivity index (χ2n) is 5.30. The molecule has 2 unspecified atom stereocenters. The maximum Gasteiger partial charge on any atom is 0.328 e. The van der Waals surface area contributed by atoms with E-state index in [1.165, 1.54) is 7.11 Å². The van der Waals surface area contributed by atoms with Crippen molar-refractivity contribution in [3.05, 3.63) is 0 Å². The summed E-state index contributed by atoms with van der Waals surface area (Å²) in [5.41, 5.74) is 0. The first-order valence-electron chi connectivity index (χ1n) is 6.59. The van der Waals surface area contributed by atoms with Crippen molar-refractivity contribution in [3.8, 4) is 0 Å². The quantitative estimate of drug-likeness (QED) is 0.726. The Morgan fingerprint density at radius 1 is 1.39 bits per heavy atom. The van der Waals surface area contributed by atoms with Gasteiger partial charge in [-0.2, -0.15) is 0 Å². The molecule has 3 atom stereocenters. The van der Waals surface area contributed by atoms with Gasteiger partial charge >= 0.3 is 5.97 Å². The van der Waals surface area contributed by atoms with Crippen LogP contribution in [0.25, 0.3) is 0 Å². The minimum absolute atomic E-state index is 0.0142. The second-order valence-corrected chi connectivity index (χ2v) is 5.30. The van der Waals surface area contributed by atoms with Crippen LogP contribution >= 0.6 is 0 Å². The molecule has 5 nitrogen and oxygen atoms in total. The van der Waals surface area contributed by atoms with Gasteiger partial charge in [-0.15, -0.1) is 0 Å². The van der Waals surface area contributed by atoms with Gasteiger partial charge in [-0.05, 0) is 31.2 Å². The van der Waals surface area contributed by atoms with Crippen LogP contribution in [0.3, 0.4) is 0 Å². The number of carbonyl (C=O) groups is 2. The van der Waals surface area contributed by atoms with Crippen LogP contribution in [0.2, 0.25) is 0 Å². The Hall–Kier alpha value is -1.10. The molecule has 0 aromatic heterocycles. The molecule has 0 aliphatic carbocycles. The fraction of sp³-hybridized carbons (Fsp3) is 0.846. The van der Waals surface area contributed by atoms with Crippen LogP contribution in [0.1, 0.15) is 33.6 Å². The van der Waals surface area contributed by atoms with Crippen molar-refractivity contribution >= 4 is 11.9 Å². The number of hydrogen-bond acceptors (Lipinski definition) is 4. The van der Waals surface area contributed by atoms with Gasteiger partial charge in [0.25, 0.3) is 0 Å². The number of piperidine rings is 1. The lowest BCUT2D eigenvalue weighted by Crippen LogP contribution is -2.55. The number of hydrogen-bond donors (Lipinski definition) is 2. The van der Waals surface area contributed by atoms with Gasteiger partial charge in [-0.3, -0.25) is 4.79 Å². The molecule has 1 saturated heterocycles. The van der Waals surface area contributed by atoms with Gasteiger partial charge < -0.3 is 15.4 Å². The number of ether oxygens (including phenoxy) is 1. The van der Waals surface area contributed by atoms with Crippen LogP contribution in [0.4, 0.5) is 0 Å². The van der Waals surface area contributed by atoms with Gasteiger partial charge in [0, 0.05) is 0 Å². The van der Waals surface area contributed by atoms with E-state index >= 15 is 0 Å². The van der Waals surface area contributed by atoms with Crippen molar-refractivity contribution in [3.63, 3.8) is 0 Å². The Morgan fingerprint density at radius 2 is 2.06 bits per heavy atom. The predicted octanol–water partition coefficient (Wildman–Crippen LogP) is 0.688. The van der Waals surface area contributed by atoms with Crippen LogP contribution in [0, 0.1) is 11.8 Å². The van der Waals surface area contributed by atoms with Crippen molar-refractivity contribution in [1.29, 1.82) is 0 Å². The number of esters is 1. The lowest BCUT2D eigenvalue weighted by Gasteiger charge is -2.30. The number of rotatable bonds is 4. The average Bonchev–Trinajstić information content (AvgIpc) is 2.35. The Balaban J connectivity index is 2.63. The molecule has 5 heteroatoms. The van der Waals surface area contributed by atoms with E-state index < -0.39 is 6.04 Å². The molecule has 104 valence electrons. The Morgan fingerprint density at radius 3 is 2.56 bits per heavy atom. The zero-order valence-corrected chi connectivity index (χ0v) is 11.7. The third-order valence-corrected chi connectivity index (χ3v) is 3.47. The minimum Gasteiger partial charge on any atom is -0.467 e. The van der Waals surface area contributed by atoms with Gasteiger partial charge in [0.05, 0.1) is 13.2 Å². The van der Waals surface area contributed by atoms with Gasteiger partial charge in [0.2, 0.25) is 5.91 Å². The molecular weight excluding hydrogens is 232 g/mol. The molecule has 0 bridgehead atoms. The Bertz CT molecular complexity index is 305. The molecule has 0 radical (unpaired) electrons. The molecule has 1 aliphatic rings. The summed E-state index contributed by atoms with van der Waals surface area (Å²) in [4.78, 5) is 23.8. The number of amides is 1. The van der Waals surface area contributed by atoms with E-state index in [2.05, 4.69) is 17.6 Å². The van der Waals surface area contributed by atoms with Crippen LogP contribution in [0.15, 0.2) is 0 Å². The van der Waals surface area contributed by atoms with E-state index in [1.54, 1.807) is 0 Å². The maximum absolute atomic E-state index is 12.2. The van der Waals surface area contributed by atoms with Gasteiger partial charge in [0.15, 0.2) is 0 Å². The van der Waals surface area contributed by atoms with Gasteiger partial charge in [-0.25, -0.2) is 4.79 Å². The third kappa shape index (κ3) is 3.70. The average molecular weight is 256 g/mol. The van der Waals surface area contributed by atoms with Crippen molar-refractivity contribution in [2.75, 3.05) is 13.7 Å². The van der Waals surface area contributed by atoms with E-state index in [-0.39, 0.29) is 23.8 Å². The smallest absolute Gasteiger partial charge is 0.328 e. The Kier molecular flexibility index (Phi) is 5.59. The van der Waals surface area contributed by atoms with E-state index in [0.717, 1.165) is 19.4 Å². The lowest BCUT2D eigenvalue weighted by molar-refractivity contribution is -0.146. The van der Waals surface area contributed by atoms with Crippen LogP contribution in [-0.2, 0) is 14.3 Å². The van der Waals surface area contributed by atoms with Crippen molar-refractivity contribution in [1.82, 2.24) is 10.6 Å². The van der Waals surface area contributed by atoms with Gasteiger partial charge in [-0.1, -0.05) is 20.8 Å². The molecular formula is C13H24N2O3. The summed E-state index contributed by atoms with van der Waals surface area (Å²) in [5, 5.41) is 6.00. The standard InChI is InChI=1S/C13H24N2O3/c1-8(2)10(13(17)18-4)15-12(16)11-9(3)6-5-7-14-11/h8-11,14H,5-7H2,1-4H3,(H,15,16)/t9?,10-,11?/m0/s1. The largest absolute Gasteiger partial charge is 0.467 e. The van der Waals surface area contributed by atoms with E-state index in [0.29, 0.717) is 5.92 Å². The molecule has 1 amide bonds. The fourth-order valence-corrected chi connectivity index (χ4v) is 2.27. The highest BCUT2D eigenvalue weighted by molar-refractivity contribution is 5.87. The first kappa shape index (κ1) is 15.0. The summed E-state index contributed by atoms with van der Waals surface area (Å²) in [7, 11) is 1.34. The predicted molar refractivity (Wildman–Crippen MR) is 69.0 cm³/mol. The SMILES string of the molecule is COC(=O)[C@@H](NC(=O)C1NCCCC1C)C(C)C. The van der Waals surface area contributed by atoms with E-state index in [9.17, 15) is 9.59 Å². The van der Waals surface area contributed by atoms with Crippen molar-refractivity contribution in [2.24, 2.45) is 11.8 Å². The molecule has 0 saturated carbocycles. The summed E-state index contributed by atoms with van der Waals surface area (Å²) in [6, 6.07) is -0.775. The molecule has 1 rings (SSSR count). The zero-order valence-electron chi connectivity index (χ0n) is 11.7. The topological polar surface area (TPSA) is 67.4 Å². The highest BCUT2D eigenvalue weighted by Crippen LogP contribution is 2.16. The minimum atomic E-state index is -0.571. The van der Waals surface area contributed by atoms with Crippen molar-refractivity contribution < 1.29 is 14.3 Å². The van der Waals surface area contributed by atoms with E-state index in [4.69, 9.17) is 4.74 Å². The summed E-state index contributed by atoms with van der Waals surface area (Å²) >= 11 is 0. The maximum atomic E-state index is 12.2. The van der Waals surface area contributed by atoms with Crippen LogP contribution < -0.4 is 10.6 Å². The Labute approximate surface area is 109 Å². The van der Waals surface area contributed by atoms with Crippen LogP contribution in [0.5, 0.6) is 0 Å². The third-order valence-electron chi connectivity index (χ3n) is 3.47. The fourth-order valence-electron chi connectivity index (χ4n) is 2.27. The number of nitrogens with one attached hydrogen (secondary N) is 2. The number of methoxy groups -OCH3 is 1. The molecule has 1 aliphatic heterocycles. The molecule has 0 spiro atoms. The van der Waals surface area contributed by atoms with Crippen LogP contribution in [-0.4, -0.2) is 37.6 Å². The monoisotopic (exact) mass is 256 g/mol. The lowest BCUT2D eigenvalue weighted by atomic mass is 9.91. The number of carbonyl (C=O) groups excluding carboxylic acids is 2. The summed E-state index contributed by atoms with van der Waals surface area (Å²) in [6.07, 6.45) is 2.13. The highest BCUT2D eigenvalue weighted by atomic mass is 16.5. The molecule has 0 aromatic carbocycles. The molecule has 18 heavy (non-hydrogen) atoms. The van der Waals surface area contributed by atoms with Crippen molar-refractivity contribution in [2.45, 2.75) is 45.7 Å². The summed E-state index contributed by atoms with van der Waals surface area (Å²) in [6.45, 7) is 6.69. The molecule has 1 fully saturated rings. The van der Waals surface area contributed by atoms with Gasteiger partial charge in [0.1, 0.15) is 6.04 Å². The summed E-state index contributed by atoms with van der Waals surface area (Å²) < 4.78 is 4.71. The van der Waals surface area contributed by atoms with E-state index in [1.807, 2.05) is 13.8 Å². The second kappa shape index (κ2) is 6.73. The molecule has 2 N–H and O–H groups in total. The first-order valence-corrected chi connectivity index (χ1v) is 6.59. The molecule has 1 heterocycles. The highest BCUT2D eigenvalue weighted by Gasteiger charge is 2.32.